The number of fused-ring (bicyclic) bond motifs is 3. The third kappa shape index (κ3) is 5.40. The van der Waals surface area contributed by atoms with Crippen LogP contribution in [0.15, 0.2) is 138 Å². The number of allylic oxidation sites excluding steroid dienone is 7. The van der Waals surface area contributed by atoms with Crippen LogP contribution >= 0.6 is 0 Å². The fourth-order valence-electron chi connectivity index (χ4n) is 6.35. The zero-order chi connectivity index (χ0) is 28.9. The molecule has 1 aliphatic heterocycles. The first kappa shape index (κ1) is 27.7. The Balaban J connectivity index is 1.64. The zero-order valence-electron chi connectivity index (χ0n) is 24.9. The lowest BCUT2D eigenvalue weighted by Gasteiger charge is -2.21. The van der Waals surface area contributed by atoms with Crippen LogP contribution in [0.5, 0.6) is 0 Å². The topological polar surface area (TPSA) is 12.4 Å². The van der Waals surface area contributed by atoms with Crippen molar-refractivity contribution in [2.24, 2.45) is 16.8 Å². The molecule has 0 spiro atoms. The summed E-state index contributed by atoms with van der Waals surface area (Å²) in [5, 5.41) is 7.72. The number of hydrogen-bond donors (Lipinski definition) is 0. The third-order valence-corrected chi connectivity index (χ3v) is 8.66. The molecule has 2 unspecified atom stereocenters. The molecule has 0 aliphatic carbocycles. The van der Waals surface area contributed by atoms with Gasteiger partial charge in [-0.1, -0.05) is 136 Å². The average molecular weight is 546 g/mol. The normalized spacial score (nSPS) is 16.7. The maximum atomic E-state index is 4.30. The second-order valence-electron chi connectivity index (χ2n) is 11.3. The molecule has 1 heterocycles. The summed E-state index contributed by atoms with van der Waals surface area (Å²) in [4.78, 5) is 4.30. The molecule has 0 amide bonds. The average Bonchev–Trinajstić information content (AvgIpc) is 3.05. The molecule has 42 heavy (non-hydrogen) atoms. The molecule has 0 radical (unpaired) electrons. The predicted molar refractivity (Wildman–Crippen MR) is 185 cm³/mol. The minimum absolute atomic E-state index is 0.408. The van der Waals surface area contributed by atoms with Gasteiger partial charge in [0.2, 0.25) is 0 Å². The van der Waals surface area contributed by atoms with Gasteiger partial charge in [0.1, 0.15) is 0 Å². The molecule has 6 rings (SSSR count). The van der Waals surface area contributed by atoms with Crippen LogP contribution in [-0.4, -0.2) is 6.21 Å². The second kappa shape index (κ2) is 12.6. The van der Waals surface area contributed by atoms with E-state index in [9.17, 15) is 0 Å². The van der Waals surface area contributed by atoms with Crippen LogP contribution in [-0.2, 0) is 0 Å². The Hall–Kier alpha value is -4.49. The molecular formula is C41H39N. The van der Waals surface area contributed by atoms with E-state index in [2.05, 4.69) is 147 Å². The highest BCUT2D eigenvalue weighted by Gasteiger charge is 2.19. The highest BCUT2D eigenvalue weighted by atomic mass is 14.7. The van der Waals surface area contributed by atoms with Crippen molar-refractivity contribution in [3.05, 3.63) is 139 Å². The van der Waals surface area contributed by atoms with Gasteiger partial charge >= 0.3 is 0 Å². The van der Waals surface area contributed by atoms with Crippen molar-refractivity contribution in [2.75, 3.05) is 0 Å². The minimum atomic E-state index is 0.408. The van der Waals surface area contributed by atoms with Gasteiger partial charge in [-0.25, -0.2) is 0 Å². The van der Waals surface area contributed by atoms with E-state index < -0.39 is 0 Å². The molecule has 1 aliphatic rings. The maximum absolute atomic E-state index is 4.30. The first-order valence-electron chi connectivity index (χ1n) is 15.4. The van der Waals surface area contributed by atoms with E-state index in [4.69, 9.17) is 0 Å². The predicted octanol–water partition coefficient (Wildman–Crippen LogP) is 11.7. The van der Waals surface area contributed by atoms with Crippen molar-refractivity contribution in [1.29, 1.82) is 0 Å². The molecule has 2 atom stereocenters. The third-order valence-electron chi connectivity index (χ3n) is 8.66. The van der Waals surface area contributed by atoms with Gasteiger partial charge in [-0.3, -0.25) is 4.99 Å². The highest BCUT2D eigenvalue weighted by Crippen LogP contribution is 2.44. The van der Waals surface area contributed by atoms with Gasteiger partial charge in [0, 0.05) is 12.4 Å². The minimum Gasteiger partial charge on any atom is -0.269 e. The van der Waals surface area contributed by atoms with Crippen LogP contribution in [0.2, 0.25) is 0 Å². The van der Waals surface area contributed by atoms with E-state index in [1.807, 2.05) is 12.4 Å². The number of benzene rings is 5. The first-order valence-corrected chi connectivity index (χ1v) is 15.4. The molecule has 5 aromatic rings. The van der Waals surface area contributed by atoms with Crippen LogP contribution in [0.1, 0.15) is 45.6 Å². The van der Waals surface area contributed by atoms with Gasteiger partial charge in [-0.2, -0.15) is 0 Å². The summed E-state index contributed by atoms with van der Waals surface area (Å²) in [6.45, 7) is 6.82. The van der Waals surface area contributed by atoms with Gasteiger partial charge in [-0.05, 0) is 97.3 Å². The summed E-state index contributed by atoms with van der Waals surface area (Å²) in [5.74, 6) is 0.880. The number of nitrogens with zero attached hydrogens (tertiary/aromatic N) is 1. The molecule has 0 saturated carbocycles. The Labute approximate surface area is 250 Å². The van der Waals surface area contributed by atoms with Crippen LogP contribution in [0.25, 0.3) is 49.0 Å². The van der Waals surface area contributed by atoms with Crippen molar-refractivity contribution in [3.63, 3.8) is 0 Å². The Morgan fingerprint density at radius 1 is 0.810 bits per heavy atom. The number of aliphatic imine (C=N–C) groups is 1. The molecule has 0 N–H and O–H groups in total. The molecule has 0 aromatic heterocycles. The molecular weight excluding hydrogens is 506 g/mol. The zero-order valence-corrected chi connectivity index (χ0v) is 24.9. The number of hydrogen-bond acceptors (Lipinski definition) is 1. The van der Waals surface area contributed by atoms with Crippen LogP contribution < -0.4 is 0 Å². The van der Waals surface area contributed by atoms with Crippen LogP contribution in [0.4, 0.5) is 0 Å². The quantitative estimate of drug-likeness (QED) is 0.136. The summed E-state index contributed by atoms with van der Waals surface area (Å²) >= 11 is 0. The van der Waals surface area contributed by atoms with Crippen LogP contribution in [0.3, 0.4) is 0 Å². The van der Waals surface area contributed by atoms with Gasteiger partial charge in [0.05, 0.1) is 0 Å². The molecule has 1 heteroatoms. The van der Waals surface area contributed by atoms with Gasteiger partial charge in [0.25, 0.3) is 0 Å². The molecule has 0 saturated heterocycles. The van der Waals surface area contributed by atoms with E-state index in [0.717, 1.165) is 19.3 Å². The van der Waals surface area contributed by atoms with Gasteiger partial charge in [-0.15, -0.1) is 0 Å². The molecule has 1 nitrogen and oxygen atoms in total. The summed E-state index contributed by atoms with van der Waals surface area (Å²) in [5.41, 5.74) is 6.58. The fourth-order valence-corrected chi connectivity index (χ4v) is 6.35. The molecule has 0 fully saturated rings. The van der Waals surface area contributed by atoms with Crippen molar-refractivity contribution in [1.82, 2.24) is 0 Å². The lowest BCUT2D eigenvalue weighted by Crippen LogP contribution is -2.09. The summed E-state index contributed by atoms with van der Waals surface area (Å²) in [6, 6.07) is 33.5. The molecule has 5 aromatic carbocycles. The fraction of sp³-hybridized carbons (Fsp3) is 0.195. The Morgan fingerprint density at radius 3 is 2.12 bits per heavy atom. The van der Waals surface area contributed by atoms with Crippen molar-refractivity contribution < 1.29 is 0 Å². The molecule has 208 valence electrons. The lowest BCUT2D eigenvalue weighted by atomic mass is 9.83. The van der Waals surface area contributed by atoms with E-state index in [1.54, 1.807) is 0 Å². The lowest BCUT2D eigenvalue weighted by molar-refractivity contribution is 0.528. The first-order chi connectivity index (χ1) is 20.7. The highest BCUT2D eigenvalue weighted by molar-refractivity contribution is 6.20. The Bertz CT molecular complexity index is 1840. The van der Waals surface area contributed by atoms with E-state index in [-0.39, 0.29) is 0 Å². The van der Waals surface area contributed by atoms with E-state index in [0.29, 0.717) is 11.8 Å². The maximum Gasteiger partial charge on any atom is 0.0227 e. The Morgan fingerprint density at radius 2 is 1.48 bits per heavy atom. The van der Waals surface area contributed by atoms with E-state index in [1.165, 1.54) is 60.2 Å². The van der Waals surface area contributed by atoms with Crippen LogP contribution in [0, 0.1) is 11.8 Å². The molecule has 0 bridgehead atoms. The number of rotatable bonds is 8. The van der Waals surface area contributed by atoms with Gasteiger partial charge < -0.3 is 0 Å². The SMILES string of the molecule is CC\C=C/C(CC)=C(/C=C\C(C)C1C=CN=CC1)c1c2ccccc2c(-c2ccc3ccccc3c2)c2ccccc12. The second-order valence-corrected chi connectivity index (χ2v) is 11.3. The van der Waals surface area contributed by atoms with Crippen molar-refractivity contribution >= 4 is 44.1 Å². The monoisotopic (exact) mass is 545 g/mol. The largest absolute Gasteiger partial charge is 0.269 e. The van der Waals surface area contributed by atoms with E-state index >= 15 is 0 Å². The Kier molecular flexibility index (Phi) is 8.28. The smallest absolute Gasteiger partial charge is 0.0227 e. The summed E-state index contributed by atoms with van der Waals surface area (Å²) < 4.78 is 0. The summed E-state index contributed by atoms with van der Waals surface area (Å²) in [6.07, 6.45) is 18.7. The standard InChI is InChI=1S/C41H39N/c1-4-6-13-30(5-2)35(23-20-29(3)31-24-26-42-27-25-31)41-38-18-11-9-16-36(38)40(37-17-10-12-19-39(37)41)34-22-21-32-14-7-8-15-33(32)28-34/h6-24,26-29,31H,4-5,25H2,1-3H3/b13-6-,23-20-,35-30-. The summed E-state index contributed by atoms with van der Waals surface area (Å²) in [7, 11) is 0. The van der Waals surface area contributed by atoms with Crippen molar-refractivity contribution in [3.8, 4) is 11.1 Å². The van der Waals surface area contributed by atoms with Gasteiger partial charge in [0.15, 0.2) is 0 Å². The van der Waals surface area contributed by atoms with Crippen molar-refractivity contribution in [2.45, 2.75) is 40.0 Å².